The molecule has 0 spiro atoms. The van der Waals surface area contributed by atoms with E-state index >= 15 is 0 Å². The molecule has 0 bridgehead atoms. The van der Waals surface area contributed by atoms with Crippen LogP contribution in [0.4, 0.5) is 0 Å². The van der Waals surface area contributed by atoms with Gasteiger partial charge in [-0.05, 0) is 41.0 Å². The SMILES string of the molecule is Cc1cccc2cccc(-c3c(O)cccc3O)c12. The van der Waals surface area contributed by atoms with Crippen LogP contribution in [0.25, 0.3) is 21.9 Å². The van der Waals surface area contributed by atoms with Gasteiger partial charge in [-0.1, -0.05) is 42.5 Å². The molecule has 3 aromatic rings. The molecule has 0 aliphatic rings. The summed E-state index contributed by atoms with van der Waals surface area (Å²) in [7, 11) is 0. The molecule has 0 heterocycles. The van der Waals surface area contributed by atoms with Gasteiger partial charge in [0.2, 0.25) is 0 Å². The third kappa shape index (κ3) is 1.82. The maximum Gasteiger partial charge on any atom is 0.127 e. The maximum absolute atomic E-state index is 10.0. The van der Waals surface area contributed by atoms with Gasteiger partial charge in [-0.15, -0.1) is 0 Å². The molecule has 2 heteroatoms. The Kier molecular flexibility index (Phi) is 2.64. The molecular formula is C17H14O2. The fourth-order valence-corrected chi connectivity index (χ4v) is 2.54. The molecule has 0 amide bonds. The van der Waals surface area contributed by atoms with Gasteiger partial charge in [0.1, 0.15) is 11.5 Å². The van der Waals surface area contributed by atoms with Gasteiger partial charge in [0, 0.05) is 0 Å². The molecule has 19 heavy (non-hydrogen) atoms. The first kappa shape index (κ1) is 11.6. The van der Waals surface area contributed by atoms with Crippen LogP contribution in [-0.4, -0.2) is 10.2 Å². The van der Waals surface area contributed by atoms with Crippen LogP contribution in [0.1, 0.15) is 5.56 Å². The average Bonchev–Trinajstić information content (AvgIpc) is 2.39. The first-order valence-corrected chi connectivity index (χ1v) is 6.18. The topological polar surface area (TPSA) is 40.5 Å². The first-order valence-electron chi connectivity index (χ1n) is 6.18. The van der Waals surface area contributed by atoms with Crippen molar-refractivity contribution in [1.82, 2.24) is 0 Å². The highest BCUT2D eigenvalue weighted by molar-refractivity contribution is 6.01. The lowest BCUT2D eigenvalue weighted by atomic mass is 9.94. The molecule has 94 valence electrons. The van der Waals surface area contributed by atoms with Crippen LogP contribution in [0.3, 0.4) is 0 Å². The van der Waals surface area contributed by atoms with Gasteiger partial charge in [0.25, 0.3) is 0 Å². The highest BCUT2D eigenvalue weighted by atomic mass is 16.3. The molecular weight excluding hydrogens is 236 g/mol. The van der Waals surface area contributed by atoms with Crippen LogP contribution in [-0.2, 0) is 0 Å². The average molecular weight is 250 g/mol. The minimum atomic E-state index is 0.0933. The second kappa shape index (κ2) is 4.32. The molecule has 0 saturated carbocycles. The molecule has 0 aromatic heterocycles. The zero-order valence-electron chi connectivity index (χ0n) is 10.6. The molecule has 0 aliphatic heterocycles. The van der Waals surface area contributed by atoms with Gasteiger partial charge >= 0.3 is 0 Å². The van der Waals surface area contributed by atoms with Crippen LogP contribution in [0.15, 0.2) is 54.6 Å². The van der Waals surface area contributed by atoms with Crippen LogP contribution in [0.5, 0.6) is 11.5 Å². The van der Waals surface area contributed by atoms with E-state index in [9.17, 15) is 10.2 Å². The van der Waals surface area contributed by atoms with E-state index in [2.05, 4.69) is 0 Å². The summed E-state index contributed by atoms with van der Waals surface area (Å²) in [5, 5.41) is 22.2. The minimum Gasteiger partial charge on any atom is -0.507 e. The standard InChI is InChI=1S/C17H14O2/c1-11-5-2-6-12-7-3-8-13(16(11)12)17-14(18)9-4-10-15(17)19/h2-10,18-19H,1H3. The van der Waals surface area contributed by atoms with Crippen molar-refractivity contribution in [2.24, 2.45) is 0 Å². The van der Waals surface area contributed by atoms with Crippen LogP contribution >= 0.6 is 0 Å². The zero-order valence-corrected chi connectivity index (χ0v) is 10.6. The van der Waals surface area contributed by atoms with E-state index in [4.69, 9.17) is 0 Å². The molecule has 3 rings (SSSR count). The predicted octanol–water partition coefficient (Wildman–Crippen LogP) is 4.23. The van der Waals surface area contributed by atoms with Crippen molar-refractivity contribution in [1.29, 1.82) is 0 Å². The van der Waals surface area contributed by atoms with E-state index in [1.807, 2.05) is 43.3 Å². The second-order valence-corrected chi connectivity index (χ2v) is 4.65. The summed E-state index contributed by atoms with van der Waals surface area (Å²) in [6, 6.07) is 16.8. The number of aryl methyl sites for hydroxylation is 1. The van der Waals surface area contributed by atoms with Crippen LogP contribution < -0.4 is 0 Å². The van der Waals surface area contributed by atoms with Crippen molar-refractivity contribution in [3.8, 4) is 22.6 Å². The molecule has 2 nitrogen and oxygen atoms in total. The van der Waals surface area contributed by atoms with E-state index < -0.39 is 0 Å². The molecule has 0 fully saturated rings. The van der Waals surface area contributed by atoms with Gasteiger partial charge in [-0.2, -0.15) is 0 Å². The van der Waals surface area contributed by atoms with E-state index in [-0.39, 0.29) is 11.5 Å². The van der Waals surface area contributed by atoms with Gasteiger partial charge in [0.05, 0.1) is 5.56 Å². The lowest BCUT2D eigenvalue weighted by Gasteiger charge is -2.12. The fourth-order valence-electron chi connectivity index (χ4n) is 2.54. The minimum absolute atomic E-state index is 0.0933. The summed E-state index contributed by atoms with van der Waals surface area (Å²) < 4.78 is 0. The summed E-state index contributed by atoms with van der Waals surface area (Å²) in [5.74, 6) is 0.187. The number of hydrogen-bond donors (Lipinski definition) is 2. The van der Waals surface area contributed by atoms with E-state index in [0.717, 1.165) is 21.9 Å². The summed E-state index contributed by atoms with van der Waals surface area (Å²) in [5.41, 5.74) is 2.46. The monoisotopic (exact) mass is 250 g/mol. The number of rotatable bonds is 1. The third-order valence-electron chi connectivity index (χ3n) is 3.40. The van der Waals surface area contributed by atoms with Crippen molar-refractivity contribution in [3.63, 3.8) is 0 Å². The Morgan fingerprint density at radius 1 is 0.737 bits per heavy atom. The van der Waals surface area contributed by atoms with Crippen molar-refractivity contribution in [3.05, 3.63) is 60.2 Å². The number of aromatic hydroxyl groups is 2. The molecule has 0 unspecified atom stereocenters. The van der Waals surface area contributed by atoms with Crippen molar-refractivity contribution in [2.75, 3.05) is 0 Å². The second-order valence-electron chi connectivity index (χ2n) is 4.65. The van der Waals surface area contributed by atoms with Gasteiger partial charge in [0.15, 0.2) is 0 Å². The van der Waals surface area contributed by atoms with E-state index in [0.29, 0.717) is 5.56 Å². The third-order valence-corrected chi connectivity index (χ3v) is 3.40. The number of hydrogen-bond acceptors (Lipinski definition) is 2. The quantitative estimate of drug-likeness (QED) is 0.678. The molecule has 0 radical (unpaired) electrons. The summed E-state index contributed by atoms with van der Waals surface area (Å²) in [6.07, 6.45) is 0. The highest BCUT2D eigenvalue weighted by Gasteiger charge is 2.13. The smallest absolute Gasteiger partial charge is 0.127 e. The Balaban J connectivity index is 2.44. The van der Waals surface area contributed by atoms with Crippen LogP contribution in [0.2, 0.25) is 0 Å². The zero-order chi connectivity index (χ0) is 13.4. The van der Waals surface area contributed by atoms with Crippen molar-refractivity contribution >= 4 is 10.8 Å². The maximum atomic E-state index is 10.0. The van der Waals surface area contributed by atoms with Crippen molar-refractivity contribution in [2.45, 2.75) is 6.92 Å². The molecule has 0 aliphatic carbocycles. The lowest BCUT2D eigenvalue weighted by molar-refractivity contribution is 0.454. The predicted molar refractivity (Wildman–Crippen MR) is 77.5 cm³/mol. The fraction of sp³-hybridized carbons (Fsp3) is 0.0588. The summed E-state index contributed by atoms with van der Waals surface area (Å²) in [4.78, 5) is 0. The van der Waals surface area contributed by atoms with Crippen LogP contribution in [0, 0.1) is 6.92 Å². The Labute approximate surface area is 111 Å². The molecule has 0 saturated heterocycles. The summed E-state index contributed by atoms with van der Waals surface area (Å²) >= 11 is 0. The Morgan fingerprint density at radius 2 is 1.32 bits per heavy atom. The Bertz CT molecular complexity index is 735. The molecule has 0 atom stereocenters. The molecule has 3 aromatic carbocycles. The Hall–Kier alpha value is -2.48. The van der Waals surface area contributed by atoms with Gasteiger partial charge in [-0.3, -0.25) is 0 Å². The Morgan fingerprint density at radius 3 is 2.00 bits per heavy atom. The van der Waals surface area contributed by atoms with Crippen molar-refractivity contribution < 1.29 is 10.2 Å². The highest BCUT2D eigenvalue weighted by Crippen LogP contribution is 2.41. The van der Waals surface area contributed by atoms with Gasteiger partial charge in [-0.25, -0.2) is 0 Å². The van der Waals surface area contributed by atoms with Gasteiger partial charge < -0.3 is 10.2 Å². The van der Waals surface area contributed by atoms with E-state index in [1.54, 1.807) is 18.2 Å². The number of phenolic OH excluding ortho intramolecular Hbond substituents is 2. The summed E-state index contributed by atoms with van der Waals surface area (Å²) in [6.45, 7) is 2.03. The normalized spacial score (nSPS) is 10.8. The first-order chi connectivity index (χ1) is 9.18. The molecule has 2 N–H and O–H groups in total. The van der Waals surface area contributed by atoms with E-state index in [1.165, 1.54) is 0 Å². The number of benzene rings is 3. The lowest BCUT2D eigenvalue weighted by Crippen LogP contribution is -1.86. The largest absolute Gasteiger partial charge is 0.507 e. The number of phenols is 2. The number of fused-ring (bicyclic) bond motifs is 1.